The zero-order valence-corrected chi connectivity index (χ0v) is 9.53. The summed E-state index contributed by atoms with van der Waals surface area (Å²) in [5, 5.41) is 9.71. The Balaban J connectivity index is 2.12. The summed E-state index contributed by atoms with van der Waals surface area (Å²) in [7, 11) is 0. The molecule has 15 heavy (non-hydrogen) atoms. The first-order valence-electron chi connectivity index (χ1n) is 5.61. The lowest BCUT2D eigenvalue weighted by atomic mass is 10.0. The molecular formula is C13H19NO. The summed E-state index contributed by atoms with van der Waals surface area (Å²) in [6.07, 6.45) is 2.52. The summed E-state index contributed by atoms with van der Waals surface area (Å²) in [6, 6.07) is 7.62. The smallest absolute Gasteiger partial charge is 0.120 e. The molecule has 0 spiro atoms. The van der Waals surface area contributed by atoms with Crippen LogP contribution in [0, 0.1) is 0 Å². The minimum atomic E-state index is 0.280. The van der Waals surface area contributed by atoms with Gasteiger partial charge in [-0.3, -0.25) is 4.90 Å². The van der Waals surface area contributed by atoms with E-state index in [1.807, 2.05) is 18.2 Å². The fourth-order valence-electron chi connectivity index (χ4n) is 2.31. The van der Waals surface area contributed by atoms with Gasteiger partial charge in [-0.2, -0.15) is 0 Å². The predicted molar refractivity (Wildman–Crippen MR) is 61.8 cm³/mol. The monoisotopic (exact) mass is 205 g/mol. The largest absolute Gasteiger partial charge is 0.508 e. The molecule has 0 aromatic heterocycles. The molecule has 82 valence electrons. The summed E-state index contributed by atoms with van der Waals surface area (Å²) < 4.78 is 0. The Morgan fingerprint density at radius 3 is 2.67 bits per heavy atom. The molecule has 1 N–H and O–H groups in total. The summed E-state index contributed by atoms with van der Waals surface area (Å²) in [5.41, 5.74) is 1.31. The Morgan fingerprint density at radius 1 is 1.33 bits per heavy atom. The molecule has 1 aliphatic rings. The molecule has 0 bridgehead atoms. The third-order valence-corrected chi connectivity index (χ3v) is 3.43. The number of phenols is 1. The molecule has 1 heterocycles. The van der Waals surface area contributed by atoms with E-state index in [0.29, 0.717) is 5.75 Å². The maximum absolute atomic E-state index is 9.71. The Kier molecular flexibility index (Phi) is 2.70. The number of aromatic hydroxyl groups is 1. The highest BCUT2D eigenvalue weighted by Gasteiger charge is 2.31. The molecule has 0 radical (unpaired) electrons. The summed E-state index contributed by atoms with van der Waals surface area (Å²) in [6.45, 7) is 6.56. The van der Waals surface area contributed by atoms with Gasteiger partial charge in [0, 0.05) is 17.6 Å². The third kappa shape index (κ3) is 2.15. The van der Waals surface area contributed by atoms with Gasteiger partial charge in [0.05, 0.1) is 0 Å². The number of hydrogen-bond donors (Lipinski definition) is 1. The minimum Gasteiger partial charge on any atom is -0.508 e. The van der Waals surface area contributed by atoms with E-state index in [1.54, 1.807) is 6.07 Å². The van der Waals surface area contributed by atoms with Crippen molar-refractivity contribution in [1.82, 2.24) is 4.90 Å². The summed E-state index contributed by atoms with van der Waals surface area (Å²) in [5.74, 6) is 0.417. The van der Waals surface area contributed by atoms with Crippen molar-refractivity contribution in [3.05, 3.63) is 29.8 Å². The van der Waals surface area contributed by atoms with Crippen molar-refractivity contribution >= 4 is 0 Å². The van der Waals surface area contributed by atoms with E-state index in [9.17, 15) is 5.11 Å². The van der Waals surface area contributed by atoms with Crippen LogP contribution in [0.5, 0.6) is 5.75 Å². The zero-order valence-electron chi connectivity index (χ0n) is 9.53. The third-order valence-electron chi connectivity index (χ3n) is 3.43. The molecule has 0 saturated carbocycles. The van der Waals surface area contributed by atoms with Crippen LogP contribution in [0.3, 0.4) is 0 Å². The van der Waals surface area contributed by atoms with Gasteiger partial charge < -0.3 is 5.11 Å². The van der Waals surface area contributed by atoms with Crippen LogP contribution in [0.1, 0.15) is 32.3 Å². The number of likely N-dealkylation sites (tertiary alicyclic amines) is 1. The van der Waals surface area contributed by atoms with Crippen molar-refractivity contribution in [3.8, 4) is 5.75 Å². The standard InChI is InChI=1S/C13H19NO/c1-13(2)8-5-9-14(13)10-11-6-3-4-7-12(11)15/h3-4,6-7,15H,5,8-10H2,1-2H3. The number of benzene rings is 1. The highest BCUT2D eigenvalue weighted by atomic mass is 16.3. The molecule has 2 nitrogen and oxygen atoms in total. The topological polar surface area (TPSA) is 23.5 Å². The van der Waals surface area contributed by atoms with Crippen molar-refractivity contribution in [2.75, 3.05) is 6.54 Å². The molecule has 1 saturated heterocycles. The van der Waals surface area contributed by atoms with E-state index < -0.39 is 0 Å². The quantitative estimate of drug-likeness (QED) is 0.802. The number of phenolic OH excluding ortho intramolecular Hbond substituents is 1. The Hall–Kier alpha value is -1.02. The average molecular weight is 205 g/mol. The summed E-state index contributed by atoms with van der Waals surface area (Å²) in [4.78, 5) is 2.45. The van der Waals surface area contributed by atoms with Crippen LogP contribution in [0.15, 0.2) is 24.3 Å². The maximum Gasteiger partial charge on any atom is 0.120 e. The van der Waals surface area contributed by atoms with Crippen LogP contribution in [0.25, 0.3) is 0 Å². The lowest BCUT2D eigenvalue weighted by Gasteiger charge is -2.31. The zero-order chi connectivity index (χ0) is 10.9. The molecular weight excluding hydrogens is 186 g/mol. The second-order valence-electron chi connectivity index (χ2n) is 4.97. The first-order chi connectivity index (χ1) is 7.09. The molecule has 1 fully saturated rings. The van der Waals surface area contributed by atoms with E-state index >= 15 is 0 Å². The highest BCUT2D eigenvalue weighted by molar-refractivity contribution is 5.31. The highest BCUT2D eigenvalue weighted by Crippen LogP contribution is 2.31. The van der Waals surface area contributed by atoms with Crippen molar-refractivity contribution in [1.29, 1.82) is 0 Å². The van der Waals surface area contributed by atoms with Crippen molar-refractivity contribution in [3.63, 3.8) is 0 Å². The minimum absolute atomic E-state index is 0.280. The number of rotatable bonds is 2. The normalized spacial score (nSPS) is 20.7. The molecule has 0 aliphatic carbocycles. The van der Waals surface area contributed by atoms with E-state index in [4.69, 9.17) is 0 Å². The molecule has 1 aromatic rings. The summed E-state index contributed by atoms with van der Waals surface area (Å²) >= 11 is 0. The van der Waals surface area contributed by atoms with Crippen LogP contribution in [0.4, 0.5) is 0 Å². The number of nitrogens with zero attached hydrogens (tertiary/aromatic N) is 1. The van der Waals surface area contributed by atoms with Gasteiger partial charge >= 0.3 is 0 Å². The first-order valence-corrected chi connectivity index (χ1v) is 5.61. The molecule has 1 aromatic carbocycles. The maximum atomic E-state index is 9.71. The Labute approximate surface area is 91.5 Å². The van der Waals surface area contributed by atoms with Gasteiger partial charge in [-0.25, -0.2) is 0 Å². The first kappa shape index (κ1) is 10.5. The molecule has 2 rings (SSSR count). The number of para-hydroxylation sites is 1. The Morgan fingerprint density at radius 2 is 2.07 bits per heavy atom. The van der Waals surface area contributed by atoms with Crippen LogP contribution in [-0.2, 0) is 6.54 Å². The fourth-order valence-corrected chi connectivity index (χ4v) is 2.31. The van der Waals surface area contributed by atoms with Gasteiger partial charge in [0.2, 0.25) is 0 Å². The second kappa shape index (κ2) is 3.86. The fraction of sp³-hybridized carbons (Fsp3) is 0.538. The van der Waals surface area contributed by atoms with Crippen molar-refractivity contribution in [2.24, 2.45) is 0 Å². The van der Waals surface area contributed by atoms with Crippen LogP contribution >= 0.6 is 0 Å². The van der Waals surface area contributed by atoms with E-state index in [1.165, 1.54) is 12.8 Å². The number of hydrogen-bond acceptors (Lipinski definition) is 2. The SMILES string of the molecule is CC1(C)CCCN1Cc1ccccc1O. The van der Waals surface area contributed by atoms with Gasteiger partial charge in [0.1, 0.15) is 5.75 Å². The predicted octanol–water partition coefficient (Wildman–Crippen LogP) is 2.77. The second-order valence-corrected chi connectivity index (χ2v) is 4.97. The lowest BCUT2D eigenvalue weighted by Crippen LogP contribution is -2.37. The molecule has 0 unspecified atom stereocenters. The van der Waals surface area contributed by atoms with Crippen LogP contribution < -0.4 is 0 Å². The van der Waals surface area contributed by atoms with Gasteiger partial charge in [-0.1, -0.05) is 18.2 Å². The van der Waals surface area contributed by atoms with Gasteiger partial charge in [0.25, 0.3) is 0 Å². The van der Waals surface area contributed by atoms with Crippen LogP contribution in [-0.4, -0.2) is 22.1 Å². The van der Waals surface area contributed by atoms with E-state index in [2.05, 4.69) is 18.7 Å². The van der Waals surface area contributed by atoms with E-state index in [0.717, 1.165) is 18.7 Å². The molecule has 0 amide bonds. The van der Waals surface area contributed by atoms with Crippen LogP contribution in [0.2, 0.25) is 0 Å². The molecule has 2 heteroatoms. The van der Waals surface area contributed by atoms with Gasteiger partial charge in [-0.05, 0) is 39.3 Å². The van der Waals surface area contributed by atoms with Gasteiger partial charge in [0.15, 0.2) is 0 Å². The van der Waals surface area contributed by atoms with E-state index in [-0.39, 0.29) is 5.54 Å². The molecule has 0 atom stereocenters. The lowest BCUT2D eigenvalue weighted by molar-refractivity contribution is 0.165. The average Bonchev–Trinajstić information content (AvgIpc) is 2.50. The molecule has 1 aliphatic heterocycles. The van der Waals surface area contributed by atoms with Crippen molar-refractivity contribution < 1.29 is 5.11 Å². The van der Waals surface area contributed by atoms with Gasteiger partial charge in [-0.15, -0.1) is 0 Å². The Bertz CT molecular complexity index is 346. The van der Waals surface area contributed by atoms with Crippen molar-refractivity contribution in [2.45, 2.75) is 38.8 Å².